The molecule has 1 aliphatic rings. The lowest BCUT2D eigenvalue weighted by molar-refractivity contribution is -0.117. The molecule has 0 radical (unpaired) electrons. The number of Topliss-reactive ketones (excluding diaryl/α,β-unsaturated/α-hetero) is 1. The molecule has 0 aliphatic carbocycles. The fraction of sp³-hybridized carbons (Fsp3) is 0.444. The first-order chi connectivity index (χ1) is 20.9. The van der Waals surface area contributed by atoms with Crippen LogP contribution in [-0.2, 0) is 17.6 Å². The molecule has 7 heteroatoms. The van der Waals surface area contributed by atoms with E-state index in [9.17, 15) is 19.1 Å². The lowest BCUT2D eigenvalue weighted by Crippen LogP contribution is -2.46. The number of aryl methyl sites for hydroxylation is 1. The van der Waals surface area contributed by atoms with Crippen LogP contribution in [0.5, 0.6) is 5.75 Å². The SMILES string of the molecule is CC(=O)CCCC[C@@H](CCc1ccccc1OCCCN1CCN(c2ccc(F)cc2)CC1)Cc1ccc(C(=O)O)cc1. The van der Waals surface area contributed by atoms with Crippen molar-refractivity contribution in [2.75, 3.05) is 44.2 Å². The van der Waals surface area contributed by atoms with Gasteiger partial charge in [0, 0.05) is 44.8 Å². The topological polar surface area (TPSA) is 70.1 Å². The molecule has 6 nitrogen and oxygen atoms in total. The highest BCUT2D eigenvalue weighted by Crippen LogP contribution is 2.26. The highest BCUT2D eigenvalue weighted by atomic mass is 19.1. The maximum atomic E-state index is 13.2. The molecular formula is C36H45FN2O4. The van der Waals surface area contributed by atoms with E-state index in [-0.39, 0.29) is 11.6 Å². The van der Waals surface area contributed by atoms with E-state index in [1.165, 1.54) is 17.7 Å². The smallest absolute Gasteiger partial charge is 0.335 e. The summed E-state index contributed by atoms with van der Waals surface area (Å²) in [7, 11) is 0. The highest BCUT2D eigenvalue weighted by Gasteiger charge is 2.17. The molecular weight excluding hydrogens is 543 g/mol. The van der Waals surface area contributed by atoms with Gasteiger partial charge in [-0.15, -0.1) is 0 Å². The first-order valence-corrected chi connectivity index (χ1v) is 15.6. The number of carboxylic acid groups (broad SMARTS) is 1. The molecule has 43 heavy (non-hydrogen) atoms. The Balaban J connectivity index is 1.24. The van der Waals surface area contributed by atoms with Crippen LogP contribution in [-0.4, -0.2) is 61.1 Å². The molecule has 0 unspecified atom stereocenters. The largest absolute Gasteiger partial charge is 0.493 e. The molecule has 0 saturated carbocycles. The molecule has 1 aliphatic heterocycles. The van der Waals surface area contributed by atoms with E-state index in [4.69, 9.17) is 4.74 Å². The zero-order valence-corrected chi connectivity index (χ0v) is 25.3. The molecule has 0 amide bonds. The number of nitrogens with zero attached hydrogens (tertiary/aromatic N) is 2. The number of piperazine rings is 1. The van der Waals surface area contributed by atoms with Gasteiger partial charge < -0.3 is 19.5 Å². The molecule has 230 valence electrons. The number of carbonyl (C=O) groups excluding carboxylic acids is 1. The van der Waals surface area contributed by atoms with E-state index >= 15 is 0 Å². The van der Waals surface area contributed by atoms with Gasteiger partial charge in [0.05, 0.1) is 12.2 Å². The zero-order valence-electron chi connectivity index (χ0n) is 25.3. The number of ketones is 1. The third-order valence-corrected chi connectivity index (χ3v) is 8.35. The molecule has 4 rings (SSSR count). The van der Waals surface area contributed by atoms with Crippen LogP contribution >= 0.6 is 0 Å². The Kier molecular flexibility index (Phi) is 12.6. The van der Waals surface area contributed by atoms with E-state index < -0.39 is 5.97 Å². The molecule has 1 saturated heterocycles. The monoisotopic (exact) mass is 588 g/mol. The van der Waals surface area contributed by atoms with Crippen LogP contribution in [0.4, 0.5) is 10.1 Å². The normalized spacial score (nSPS) is 14.4. The van der Waals surface area contributed by atoms with Gasteiger partial charge in [0.25, 0.3) is 0 Å². The number of ether oxygens (including phenoxy) is 1. The fourth-order valence-corrected chi connectivity index (χ4v) is 5.83. The van der Waals surface area contributed by atoms with Gasteiger partial charge in [0.2, 0.25) is 0 Å². The van der Waals surface area contributed by atoms with E-state index in [0.717, 1.165) is 94.7 Å². The quantitative estimate of drug-likeness (QED) is 0.170. The van der Waals surface area contributed by atoms with Gasteiger partial charge >= 0.3 is 5.97 Å². The maximum absolute atomic E-state index is 13.2. The Bertz CT molecular complexity index is 1290. The summed E-state index contributed by atoms with van der Waals surface area (Å²) in [5.41, 5.74) is 3.74. The number of hydrogen-bond acceptors (Lipinski definition) is 5. The van der Waals surface area contributed by atoms with Crippen molar-refractivity contribution in [3.05, 3.63) is 95.3 Å². The summed E-state index contributed by atoms with van der Waals surface area (Å²) in [5, 5.41) is 9.23. The summed E-state index contributed by atoms with van der Waals surface area (Å²) in [5.74, 6) is 0.510. The van der Waals surface area contributed by atoms with Crippen molar-refractivity contribution >= 4 is 17.4 Å². The summed E-state index contributed by atoms with van der Waals surface area (Å²) < 4.78 is 19.5. The van der Waals surface area contributed by atoms with E-state index in [0.29, 0.717) is 24.5 Å². The second kappa shape index (κ2) is 16.8. The molecule has 0 aromatic heterocycles. The number of anilines is 1. The van der Waals surface area contributed by atoms with Gasteiger partial charge in [-0.05, 0) is 98.5 Å². The Morgan fingerprint density at radius 1 is 0.884 bits per heavy atom. The van der Waals surface area contributed by atoms with Gasteiger partial charge in [-0.25, -0.2) is 9.18 Å². The molecule has 1 fully saturated rings. The van der Waals surface area contributed by atoms with Crippen LogP contribution in [0.2, 0.25) is 0 Å². The van der Waals surface area contributed by atoms with Crippen LogP contribution in [0.15, 0.2) is 72.8 Å². The first kappa shape index (κ1) is 32.2. The number of halogens is 1. The van der Waals surface area contributed by atoms with Gasteiger partial charge in [0.1, 0.15) is 17.3 Å². The minimum atomic E-state index is -0.909. The van der Waals surface area contributed by atoms with Gasteiger partial charge in [-0.2, -0.15) is 0 Å². The maximum Gasteiger partial charge on any atom is 0.335 e. The summed E-state index contributed by atoms with van der Waals surface area (Å²) in [6, 6.07) is 22.3. The summed E-state index contributed by atoms with van der Waals surface area (Å²) >= 11 is 0. The predicted octanol–water partition coefficient (Wildman–Crippen LogP) is 7.06. The predicted molar refractivity (Wildman–Crippen MR) is 170 cm³/mol. The Labute approximate surface area is 255 Å². The van der Waals surface area contributed by atoms with Crippen LogP contribution in [0, 0.1) is 11.7 Å². The second-order valence-electron chi connectivity index (χ2n) is 11.7. The average molecular weight is 589 g/mol. The third kappa shape index (κ3) is 10.8. The zero-order chi connectivity index (χ0) is 30.4. The standard InChI is InChI=1S/C36H45FN2O4/c1-28(40)7-2-3-8-29(27-30-12-15-32(16-13-30)36(41)42)11-14-31-9-4-5-10-35(31)43-26-6-21-38-22-24-39(25-23-38)34-19-17-33(37)18-20-34/h4-5,9-10,12-13,15-20,29H,2-3,6-8,11,14,21-27H2,1H3,(H,41,42)/t29-/m0/s1. The molecule has 3 aromatic carbocycles. The number of aromatic carboxylic acids is 1. The summed E-state index contributed by atoms with van der Waals surface area (Å²) in [6.45, 7) is 7.15. The van der Waals surface area contributed by atoms with Crippen molar-refractivity contribution in [1.82, 2.24) is 4.90 Å². The number of hydrogen-bond donors (Lipinski definition) is 1. The number of carbonyl (C=O) groups is 2. The lowest BCUT2D eigenvalue weighted by atomic mass is 9.88. The van der Waals surface area contributed by atoms with Crippen molar-refractivity contribution < 1.29 is 23.8 Å². The van der Waals surface area contributed by atoms with E-state index in [2.05, 4.69) is 28.0 Å². The molecule has 0 bridgehead atoms. The number of rotatable bonds is 17. The Morgan fingerprint density at radius 2 is 1.60 bits per heavy atom. The van der Waals surface area contributed by atoms with Crippen LogP contribution < -0.4 is 9.64 Å². The minimum absolute atomic E-state index is 0.199. The average Bonchev–Trinajstić information content (AvgIpc) is 3.01. The number of carboxylic acids is 1. The Hall–Kier alpha value is -3.71. The molecule has 0 spiro atoms. The first-order valence-electron chi connectivity index (χ1n) is 15.6. The highest BCUT2D eigenvalue weighted by molar-refractivity contribution is 5.87. The molecule has 1 N–H and O–H groups in total. The van der Waals surface area contributed by atoms with E-state index in [1.807, 2.05) is 30.3 Å². The van der Waals surface area contributed by atoms with Crippen molar-refractivity contribution in [3.63, 3.8) is 0 Å². The summed E-state index contributed by atoms with van der Waals surface area (Å²) in [6.07, 6.45) is 7.32. The van der Waals surface area contributed by atoms with Crippen molar-refractivity contribution in [2.45, 2.75) is 58.3 Å². The third-order valence-electron chi connectivity index (χ3n) is 8.35. The molecule has 1 heterocycles. The number of benzene rings is 3. The van der Waals surface area contributed by atoms with Gasteiger partial charge in [-0.3, -0.25) is 4.90 Å². The number of para-hydroxylation sites is 1. The number of unbranched alkanes of at least 4 members (excludes halogenated alkanes) is 1. The molecule has 1 atom stereocenters. The van der Waals surface area contributed by atoms with Crippen LogP contribution in [0.25, 0.3) is 0 Å². The molecule has 3 aromatic rings. The Morgan fingerprint density at radius 3 is 2.30 bits per heavy atom. The van der Waals surface area contributed by atoms with Crippen LogP contribution in [0.1, 0.15) is 66.9 Å². The van der Waals surface area contributed by atoms with E-state index in [1.54, 1.807) is 19.1 Å². The second-order valence-corrected chi connectivity index (χ2v) is 11.7. The van der Waals surface area contributed by atoms with Crippen molar-refractivity contribution in [3.8, 4) is 5.75 Å². The fourth-order valence-electron chi connectivity index (χ4n) is 5.83. The lowest BCUT2D eigenvalue weighted by Gasteiger charge is -2.36. The minimum Gasteiger partial charge on any atom is -0.493 e. The van der Waals surface area contributed by atoms with Crippen molar-refractivity contribution in [2.24, 2.45) is 5.92 Å². The van der Waals surface area contributed by atoms with Crippen molar-refractivity contribution in [1.29, 1.82) is 0 Å². The van der Waals surface area contributed by atoms with Gasteiger partial charge in [0.15, 0.2) is 0 Å². The summed E-state index contributed by atoms with van der Waals surface area (Å²) in [4.78, 5) is 27.4. The van der Waals surface area contributed by atoms with Crippen LogP contribution in [0.3, 0.4) is 0 Å². The van der Waals surface area contributed by atoms with Gasteiger partial charge in [-0.1, -0.05) is 43.2 Å².